The maximum atomic E-state index is 12.0. The summed E-state index contributed by atoms with van der Waals surface area (Å²) in [4.78, 5) is 28.2. The van der Waals surface area contributed by atoms with Crippen molar-refractivity contribution in [2.24, 2.45) is 16.8 Å². The molecule has 0 amide bonds. The van der Waals surface area contributed by atoms with E-state index in [0.717, 1.165) is 5.71 Å². The number of nitrogens with zero attached hydrogens (tertiary/aromatic N) is 1. The Morgan fingerprint density at radius 2 is 1.76 bits per heavy atom. The number of rotatable bonds is 3. The monoisotopic (exact) mass is 241 g/mol. The molecular weight excluding hydrogens is 222 g/mol. The van der Waals surface area contributed by atoms with Crippen LogP contribution in [-0.4, -0.2) is 37.4 Å². The molecule has 0 aromatic rings. The quantitative estimate of drug-likeness (QED) is 0.550. The molecule has 0 N–H and O–H groups in total. The Morgan fingerprint density at radius 3 is 2.12 bits per heavy atom. The van der Waals surface area contributed by atoms with E-state index >= 15 is 0 Å². The first-order valence-electron chi connectivity index (χ1n) is 5.62. The molecule has 0 saturated heterocycles. The highest BCUT2D eigenvalue weighted by atomic mass is 16.5. The lowest BCUT2D eigenvalue weighted by atomic mass is 9.77. The fourth-order valence-corrected chi connectivity index (χ4v) is 2.40. The van der Waals surface area contributed by atoms with Gasteiger partial charge in [-0.15, -0.1) is 0 Å². The SMILES string of the molecule is COC(=O)C1(C(=O)OC)N=C(C)CC1C(C)C. The Labute approximate surface area is 101 Å². The van der Waals surface area contributed by atoms with Gasteiger partial charge in [0.15, 0.2) is 0 Å². The van der Waals surface area contributed by atoms with Gasteiger partial charge in [0.05, 0.1) is 14.2 Å². The minimum absolute atomic E-state index is 0.134. The Morgan fingerprint density at radius 1 is 1.29 bits per heavy atom. The number of carbonyl (C=O) groups is 2. The topological polar surface area (TPSA) is 65.0 Å². The van der Waals surface area contributed by atoms with Crippen molar-refractivity contribution in [3.05, 3.63) is 0 Å². The average Bonchev–Trinajstić information content (AvgIpc) is 2.66. The lowest BCUT2D eigenvalue weighted by molar-refractivity contribution is -0.164. The highest BCUT2D eigenvalue weighted by molar-refractivity contribution is 6.10. The predicted octanol–water partition coefficient (Wildman–Crippen LogP) is 1.21. The molecular formula is C12H19NO4. The highest BCUT2D eigenvalue weighted by Gasteiger charge is 2.58. The molecule has 1 aliphatic rings. The summed E-state index contributed by atoms with van der Waals surface area (Å²) < 4.78 is 9.48. The lowest BCUT2D eigenvalue weighted by Gasteiger charge is -2.30. The zero-order chi connectivity index (χ0) is 13.2. The Hall–Kier alpha value is -1.39. The summed E-state index contributed by atoms with van der Waals surface area (Å²) in [6, 6.07) is 0. The van der Waals surface area contributed by atoms with Crippen LogP contribution in [0.1, 0.15) is 27.2 Å². The van der Waals surface area contributed by atoms with Gasteiger partial charge >= 0.3 is 11.9 Å². The number of ether oxygens (including phenoxy) is 2. The second-order valence-electron chi connectivity index (χ2n) is 4.65. The van der Waals surface area contributed by atoms with Gasteiger partial charge in [0.1, 0.15) is 0 Å². The van der Waals surface area contributed by atoms with Crippen LogP contribution in [0, 0.1) is 11.8 Å². The number of hydrogen-bond acceptors (Lipinski definition) is 5. The van der Waals surface area contributed by atoms with Crippen molar-refractivity contribution in [1.29, 1.82) is 0 Å². The van der Waals surface area contributed by atoms with E-state index in [4.69, 9.17) is 9.47 Å². The van der Waals surface area contributed by atoms with Crippen LogP contribution >= 0.6 is 0 Å². The van der Waals surface area contributed by atoms with Gasteiger partial charge < -0.3 is 9.47 Å². The Kier molecular flexibility index (Phi) is 3.91. The molecule has 96 valence electrons. The summed E-state index contributed by atoms with van der Waals surface area (Å²) >= 11 is 0. The first-order valence-corrected chi connectivity index (χ1v) is 5.62. The van der Waals surface area contributed by atoms with Gasteiger partial charge in [0, 0.05) is 11.6 Å². The molecule has 0 radical (unpaired) electrons. The van der Waals surface area contributed by atoms with Crippen LogP contribution in [0.4, 0.5) is 0 Å². The molecule has 1 atom stereocenters. The Bertz CT molecular complexity index is 344. The van der Waals surface area contributed by atoms with Crippen LogP contribution in [0.3, 0.4) is 0 Å². The van der Waals surface area contributed by atoms with Crippen molar-refractivity contribution in [1.82, 2.24) is 0 Å². The van der Waals surface area contributed by atoms with Gasteiger partial charge in [0.25, 0.3) is 5.54 Å². The van der Waals surface area contributed by atoms with Crippen molar-refractivity contribution in [2.75, 3.05) is 14.2 Å². The lowest BCUT2D eigenvalue weighted by Crippen LogP contribution is -2.52. The highest BCUT2D eigenvalue weighted by Crippen LogP contribution is 2.39. The number of hydrogen-bond donors (Lipinski definition) is 0. The van der Waals surface area contributed by atoms with Crippen LogP contribution in [0.25, 0.3) is 0 Å². The van der Waals surface area contributed by atoms with Crippen LogP contribution in [-0.2, 0) is 19.1 Å². The largest absolute Gasteiger partial charge is 0.467 e. The smallest absolute Gasteiger partial charge is 0.345 e. The molecule has 0 spiro atoms. The molecule has 1 heterocycles. The van der Waals surface area contributed by atoms with Crippen molar-refractivity contribution in [2.45, 2.75) is 32.7 Å². The molecule has 0 aromatic carbocycles. The molecule has 1 rings (SSSR count). The Balaban J connectivity index is 3.29. The standard InChI is InChI=1S/C12H19NO4/c1-7(2)9-6-8(3)13-12(9,10(14)16-4)11(15)17-5/h7,9H,6H2,1-5H3. The van der Waals surface area contributed by atoms with Gasteiger partial charge in [0.2, 0.25) is 0 Å². The number of aliphatic imine (C=N–C) groups is 1. The summed E-state index contributed by atoms with van der Waals surface area (Å²) in [6.07, 6.45) is 0.613. The van der Waals surface area contributed by atoms with Crippen molar-refractivity contribution in [3.63, 3.8) is 0 Å². The van der Waals surface area contributed by atoms with E-state index in [9.17, 15) is 9.59 Å². The molecule has 0 fully saturated rings. The van der Waals surface area contributed by atoms with E-state index in [1.165, 1.54) is 14.2 Å². The van der Waals surface area contributed by atoms with E-state index in [2.05, 4.69) is 4.99 Å². The minimum atomic E-state index is -1.51. The fraction of sp³-hybridized carbons (Fsp3) is 0.750. The summed E-state index contributed by atoms with van der Waals surface area (Å²) in [7, 11) is 2.52. The third-order valence-electron chi connectivity index (χ3n) is 3.22. The second-order valence-corrected chi connectivity index (χ2v) is 4.65. The first kappa shape index (κ1) is 13.7. The van der Waals surface area contributed by atoms with E-state index in [1.807, 2.05) is 20.8 Å². The van der Waals surface area contributed by atoms with Gasteiger partial charge in [-0.25, -0.2) is 9.59 Å². The van der Waals surface area contributed by atoms with Gasteiger partial charge in [-0.1, -0.05) is 13.8 Å². The second kappa shape index (κ2) is 4.85. The molecule has 0 aromatic heterocycles. The first-order chi connectivity index (χ1) is 7.90. The van der Waals surface area contributed by atoms with Gasteiger partial charge in [-0.2, -0.15) is 0 Å². The molecule has 0 aliphatic carbocycles. The van der Waals surface area contributed by atoms with Gasteiger partial charge in [-0.3, -0.25) is 4.99 Å². The zero-order valence-corrected chi connectivity index (χ0v) is 10.9. The van der Waals surface area contributed by atoms with E-state index < -0.39 is 17.5 Å². The molecule has 1 aliphatic heterocycles. The maximum Gasteiger partial charge on any atom is 0.345 e. The van der Waals surface area contributed by atoms with Crippen LogP contribution in [0.2, 0.25) is 0 Å². The number of carbonyl (C=O) groups excluding carboxylic acids is 2. The predicted molar refractivity (Wildman–Crippen MR) is 62.8 cm³/mol. The molecule has 5 heteroatoms. The van der Waals surface area contributed by atoms with Crippen LogP contribution < -0.4 is 0 Å². The van der Waals surface area contributed by atoms with E-state index in [1.54, 1.807) is 0 Å². The third-order valence-corrected chi connectivity index (χ3v) is 3.22. The van der Waals surface area contributed by atoms with Crippen molar-refractivity contribution >= 4 is 17.7 Å². The summed E-state index contributed by atoms with van der Waals surface area (Å²) in [6.45, 7) is 5.72. The summed E-state index contributed by atoms with van der Waals surface area (Å²) in [5, 5.41) is 0. The van der Waals surface area contributed by atoms with Crippen LogP contribution in [0.15, 0.2) is 4.99 Å². The van der Waals surface area contributed by atoms with Crippen LogP contribution in [0.5, 0.6) is 0 Å². The summed E-state index contributed by atoms with van der Waals surface area (Å²) in [5.74, 6) is -1.35. The van der Waals surface area contributed by atoms with E-state index in [-0.39, 0.29) is 11.8 Å². The molecule has 0 saturated carbocycles. The fourth-order valence-electron chi connectivity index (χ4n) is 2.40. The normalized spacial score (nSPS) is 22.2. The molecule has 1 unspecified atom stereocenters. The van der Waals surface area contributed by atoms with Gasteiger partial charge in [-0.05, 0) is 19.3 Å². The average molecular weight is 241 g/mol. The van der Waals surface area contributed by atoms with Crippen molar-refractivity contribution in [3.8, 4) is 0 Å². The van der Waals surface area contributed by atoms with Crippen molar-refractivity contribution < 1.29 is 19.1 Å². The minimum Gasteiger partial charge on any atom is -0.467 e. The third kappa shape index (κ3) is 2.06. The van der Waals surface area contributed by atoms with E-state index in [0.29, 0.717) is 6.42 Å². The summed E-state index contributed by atoms with van der Waals surface area (Å²) in [5.41, 5.74) is -0.735. The zero-order valence-electron chi connectivity index (χ0n) is 10.9. The molecule has 5 nitrogen and oxygen atoms in total. The number of esters is 2. The maximum absolute atomic E-state index is 12.0. The molecule has 0 bridgehead atoms. The molecule has 17 heavy (non-hydrogen) atoms. The number of methoxy groups -OCH3 is 2.